The lowest BCUT2D eigenvalue weighted by Gasteiger charge is -2.22. The Kier molecular flexibility index (Phi) is 5.12. The van der Waals surface area contributed by atoms with Crippen molar-refractivity contribution in [2.45, 2.75) is 20.3 Å². The minimum absolute atomic E-state index is 0.746. The van der Waals surface area contributed by atoms with Crippen LogP contribution in [-0.2, 0) is 4.74 Å². The third-order valence-corrected chi connectivity index (χ3v) is 2.28. The molecule has 1 aromatic heterocycles. The minimum atomic E-state index is 0.746. The van der Waals surface area contributed by atoms with Crippen molar-refractivity contribution in [3.8, 4) is 0 Å². The second kappa shape index (κ2) is 6.40. The zero-order chi connectivity index (χ0) is 11.1. The van der Waals surface area contributed by atoms with Crippen LogP contribution in [0.4, 0.5) is 5.82 Å². The van der Waals surface area contributed by atoms with Gasteiger partial charge >= 0.3 is 0 Å². The number of hydrogen-bond donors (Lipinski definition) is 0. The van der Waals surface area contributed by atoms with E-state index in [4.69, 9.17) is 4.74 Å². The predicted octanol–water partition coefficient (Wildman–Crippen LogP) is 2.25. The first-order valence-electron chi connectivity index (χ1n) is 5.44. The average Bonchev–Trinajstić information content (AvgIpc) is 2.25. The third kappa shape index (κ3) is 3.88. The molecule has 0 saturated carbocycles. The fourth-order valence-corrected chi connectivity index (χ4v) is 1.46. The zero-order valence-corrected chi connectivity index (χ0v) is 9.86. The van der Waals surface area contributed by atoms with Crippen molar-refractivity contribution in [1.82, 2.24) is 4.98 Å². The Hall–Kier alpha value is -1.09. The van der Waals surface area contributed by atoms with Crippen LogP contribution in [0.3, 0.4) is 0 Å². The Labute approximate surface area is 92.1 Å². The summed E-state index contributed by atoms with van der Waals surface area (Å²) in [6.45, 7) is 6.90. The highest BCUT2D eigenvalue weighted by Gasteiger charge is 2.05. The number of pyridine rings is 1. The maximum atomic E-state index is 5.09. The molecular formula is C12H20N2O. The van der Waals surface area contributed by atoms with E-state index in [-0.39, 0.29) is 0 Å². The summed E-state index contributed by atoms with van der Waals surface area (Å²) in [5.41, 5.74) is 1.20. The summed E-state index contributed by atoms with van der Waals surface area (Å²) in [5, 5.41) is 0. The number of aryl methyl sites for hydroxylation is 1. The van der Waals surface area contributed by atoms with Gasteiger partial charge in [-0.25, -0.2) is 4.98 Å². The Balaban J connectivity index is 2.65. The van der Waals surface area contributed by atoms with Gasteiger partial charge in [-0.1, -0.05) is 13.0 Å². The molecule has 0 bridgehead atoms. The van der Waals surface area contributed by atoms with E-state index in [9.17, 15) is 0 Å². The molecule has 0 fully saturated rings. The van der Waals surface area contributed by atoms with Crippen molar-refractivity contribution in [2.75, 3.05) is 31.7 Å². The predicted molar refractivity (Wildman–Crippen MR) is 63.4 cm³/mol. The van der Waals surface area contributed by atoms with Crippen molar-refractivity contribution < 1.29 is 4.74 Å². The van der Waals surface area contributed by atoms with Crippen LogP contribution in [0.25, 0.3) is 0 Å². The fraction of sp³-hybridized carbons (Fsp3) is 0.583. The van der Waals surface area contributed by atoms with Crippen LogP contribution in [0, 0.1) is 6.92 Å². The molecule has 0 saturated heterocycles. The second-order valence-electron chi connectivity index (χ2n) is 3.67. The molecule has 0 aliphatic carbocycles. The number of hydrogen-bond acceptors (Lipinski definition) is 3. The molecule has 0 unspecified atom stereocenters. The van der Waals surface area contributed by atoms with Crippen LogP contribution in [0.5, 0.6) is 0 Å². The molecule has 3 nitrogen and oxygen atoms in total. The summed E-state index contributed by atoms with van der Waals surface area (Å²) in [6, 6.07) is 4.17. The van der Waals surface area contributed by atoms with Gasteiger partial charge in [-0.3, -0.25) is 0 Å². The Morgan fingerprint density at radius 1 is 1.33 bits per heavy atom. The molecule has 0 N–H and O–H groups in total. The Morgan fingerprint density at radius 2 is 2.13 bits per heavy atom. The molecule has 1 aromatic rings. The molecule has 0 aliphatic heterocycles. The van der Waals surface area contributed by atoms with Gasteiger partial charge < -0.3 is 9.64 Å². The largest absolute Gasteiger partial charge is 0.383 e. The number of rotatable bonds is 6. The van der Waals surface area contributed by atoms with Crippen molar-refractivity contribution in [1.29, 1.82) is 0 Å². The van der Waals surface area contributed by atoms with Gasteiger partial charge in [-0.2, -0.15) is 0 Å². The third-order valence-electron chi connectivity index (χ3n) is 2.28. The normalized spacial score (nSPS) is 10.3. The molecule has 3 heteroatoms. The monoisotopic (exact) mass is 208 g/mol. The van der Waals surface area contributed by atoms with Crippen LogP contribution in [0.1, 0.15) is 18.9 Å². The topological polar surface area (TPSA) is 25.4 Å². The zero-order valence-electron chi connectivity index (χ0n) is 9.86. The van der Waals surface area contributed by atoms with E-state index in [1.165, 1.54) is 5.56 Å². The van der Waals surface area contributed by atoms with Crippen molar-refractivity contribution in [2.24, 2.45) is 0 Å². The molecular weight excluding hydrogens is 188 g/mol. The smallest absolute Gasteiger partial charge is 0.128 e. The summed E-state index contributed by atoms with van der Waals surface area (Å²) in [5.74, 6) is 1.04. The van der Waals surface area contributed by atoms with Gasteiger partial charge in [0.15, 0.2) is 0 Å². The molecule has 0 spiro atoms. The van der Waals surface area contributed by atoms with Crippen LogP contribution >= 0.6 is 0 Å². The lowest BCUT2D eigenvalue weighted by atomic mass is 10.3. The van der Waals surface area contributed by atoms with E-state index in [1.807, 2.05) is 6.20 Å². The first kappa shape index (κ1) is 12.0. The highest BCUT2D eigenvalue weighted by Crippen LogP contribution is 2.11. The number of aromatic nitrogens is 1. The molecule has 0 atom stereocenters. The highest BCUT2D eigenvalue weighted by atomic mass is 16.5. The Bertz CT molecular complexity index is 271. The van der Waals surface area contributed by atoms with Crippen molar-refractivity contribution in [3.05, 3.63) is 23.9 Å². The van der Waals surface area contributed by atoms with E-state index in [2.05, 4.69) is 35.9 Å². The van der Waals surface area contributed by atoms with Crippen molar-refractivity contribution >= 4 is 5.82 Å². The highest BCUT2D eigenvalue weighted by molar-refractivity contribution is 5.38. The average molecular weight is 208 g/mol. The summed E-state index contributed by atoms with van der Waals surface area (Å²) >= 11 is 0. The van der Waals surface area contributed by atoms with Crippen LogP contribution in [0.15, 0.2) is 18.3 Å². The van der Waals surface area contributed by atoms with E-state index < -0.39 is 0 Å². The van der Waals surface area contributed by atoms with Gasteiger partial charge in [0.05, 0.1) is 6.61 Å². The van der Waals surface area contributed by atoms with Gasteiger partial charge in [-0.15, -0.1) is 0 Å². The van der Waals surface area contributed by atoms with Crippen LogP contribution in [0.2, 0.25) is 0 Å². The molecule has 0 amide bonds. The molecule has 1 heterocycles. The number of nitrogens with zero attached hydrogens (tertiary/aromatic N) is 2. The molecule has 15 heavy (non-hydrogen) atoms. The number of ether oxygens (including phenoxy) is 1. The van der Waals surface area contributed by atoms with E-state index in [1.54, 1.807) is 7.11 Å². The lowest BCUT2D eigenvalue weighted by Crippen LogP contribution is -2.28. The minimum Gasteiger partial charge on any atom is -0.383 e. The van der Waals surface area contributed by atoms with Crippen molar-refractivity contribution in [3.63, 3.8) is 0 Å². The molecule has 0 aromatic carbocycles. The summed E-state index contributed by atoms with van der Waals surface area (Å²) in [4.78, 5) is 6.67. The SMILES string of the molecule is CCCN(CCOC)c1ccc(C)cn1. The lowest BCUT2D eigenvalue weighted by molar-refractivity contribution is 0.205. The standard InChI is InChI=1S/C12H20N2O/c1-4-7-14(8-9-15-3)12-6-5-11(2)10-13-12/h5-6,10H,4,7-9H2,1-3H3. The van der Waals surface area contributed by atoms with Gasteiger partial charge in [0, 0.05) is 26.4 Å². The first-order valence-corrected chi connectivity index (χ1v) is 5.44. The van der Waals surface area contributed by atoms with E-state index in [0.29, 0.717) is 0 Å². The summed E-state index contributed by atoms with van der Waals surface area (Å²) in [7, 11) is 1.73. The van der Waals surface area contributed by atoms with E-state index >= 15 is 0 Å². The number of anilines is 1. The van der Waals surface area contributed by atoms with Gasteiger partial charge in [-0.05, 0) is 25.0 Å². The first-order chi connectivity index (χ1) is 7.27. The van der Waals surface area contributed by atoms with Crippen LogP contribution < -0.4 is 4.90 Å². The summed E-state index contributed by atoms with van der Waals surface area (Å²) < 4.78 is 5.09. The maximum Gasteiger partial charge on any atom is 0.128 e. The summed E-state index contributed by atoms with van der Waals surface area (Å²) in [6.07, 6.45) is 3.03. The molecule has 0 radical (unpaired) electrons. The number of methoxy groups -OCH3 is 1. The maximum absolute atomic E-state index is 5.09. The van der Waals surface area contributed by atoms with Gasteiger partial charge in [0.2, 0.25) is 0 Å². The van der Waals surface area contributed by atoms with Gasteiger partial charge in [0.25, 0.3) is 0 Å². The van der Waals surface area contributed by atoms with Gasteiger partial charge in [0.1, 0.15) is 5.82 Å². The molecule has 84 valence electrons. The second-order valence-corrected chi connectivity index (χ2v) is 3.67. The molecule has 1 rings (SSSR count). The van der Waals surface area contributed by atoms with Crippen LogP contribution in [-0.4, -0.2) is 31.8 Å². The quantitative estimate of drug-likeness (QED) is 0.717. The fourth-order valence-electron chi connectivity index (χ4n) is 1.46. The van der Waals surface area contributed by atoms with E-state index in [0.717, 1.165) is 31.9 Å². The Morgan fingerprint density at radius 3 is 2.67 bits per heavy atom. The molecule has 0 aliphatic rings.